The first-order valence-electron chi connectivity index (χ1n) is 9.26. The van der Waals surface area contributed by atoms with Crippen molar-refractivity contribution in [1.29, 1.82) is 0 Å². The predicted octanol–water partition coefficient (Wildman–Crippen LogP) is 1.26. The number of hydrogen-bond donors (Lipinski definition) is 0. The number of piperazine rings is 1. The monoisotopic (exact) mass is 377 g/mol. The van der Waals surface area contributed by atoms with Crippen LogP contribution in [0.3, 0.4) is 0 Å². The smallest absolute Gasteiger partial charge is 0.254 e. The lowest BCUT2D eigenvalue weighted by molar-refractivity contribution is -0.137. The molecule has 1 unspecified atom stereocenters. The lowest BCUT2D eigenvalue weighted by Gasteiger charge is -2.36. The van der Waals surface area contributed by atoms with E-state index in [0.717, 1.165) is 25.0 Å². The fourth-order valence-electron chi connectivity index (χ4n) is 3.84. The van der Waals surface area contributed by atoms with Crippen molar-refractivity contribution < 1.29 is 23.2 Å². The van der Waals surface area contributed by atoms with Gasteiger partial charge in [0.1, 0.15) is 0 Å². The van der Waals surface area contributed by atoms with Gasteiger partial charge >= 0.3 is 0 Å². The first-order valence-corrected chi connectivity index (χ1v) is 9.26. The molecule has 4 rings (SSSR count). The molecule has 8 heteroatoms. The van der Waals surface area contributed by atoms with Crippen LogP contribution in [0.25, 0.3) is 0 Å². The number of hydrogen-bond acceptors (Lipinski definition) is 3. The summed E-state index contributed by atoms with van der Waals surface area (Å²) in [6, 6.07) is 3.41. The van der Waals surface area contributed by atoms with E-state index in [9.17, 15) is 23.2 Å². The molecule has 144 valence electrons. The minimum Gasteiger partial charge on any atom is -0.339 e. The van der Waals surface area contributed by atoms with Crippen LogP contribution >= 0.6 is 0 Å². The van der Waals surface area contributed by atoms with E-state index in [1.54, 1.807) is 4.90 Å². The maximum atomic E-state index is 13.3. The summed E-state index contributed by atoms with van der Waals surface area (Å²) >= 11 is 0. The van der Waals surface area contributed by atoms with Gasteiger partial charge in [-0.05, 0) is 31.0 Å². The summed E-state index contributed by atoms with van der Waals surface area (Å²) in [7, 11) is 0. The van der Waals surface area contributed by atoms with Crippen LogP contribution in [0.1, 0.15) is 29.6 Å². The van der Waals surface area contributed by atoms with Gasteiger partial charge in [0.05, 0.1) is 5.92 Å². The van der Waals surface area contributed by atoms with Crippen LogP contribution in [0.4, 0.5) is 8.78 Å². The van der Waals surface area contributed by atoms with E-state index in [-0.39, 0.29) is 35.6 Å². The first kappa shape index (κ1) is 17.9. The molecular formula is C19H21F2N3O3. The second kappa shape index (κ2) is 6.90. The molecule has 3 fully saturated rings. The van der Waals surface area contributed by atoms with Gasteiger partial charge in [-0.15, -0.1) is 0 Å². The maximum Gasteiger partial charge on any atom is 0.254 e. The lowest BCUT2D eigenvalue weighted by Crippen LogP contribution is -2.52. The van der Waals surface area contributed by atoms with Crippen molar-refractivity contribution in [3.05, 3.63) is 35.4 Å². The van der Waals surface area contributed by atoms with Crippen LogP contribution in [-0.4, -0.2) is 71.2 Å². The molecule has 1 aromatic rings. The Labute approximate surface area is 155 Å². The summed E-state index contributed by atoms with van der Waals surface area (Å²) in [4.78, 5) is 42.3. The number of nitrogens with zero attached hydrogens (tertiary/aromatic N) is 3. The Morgan fingerprint density at radius 2 is 1.63 bits per heavy atom. The average Bonchev–Trinajstić information content (AvgIpc) is 3.44. The summed E-state index contributed by atoms with van der Waals surface area (Å²) in [5.41, 5.74) is 0.0927. The number of halogens is 2. The SMILES string of the molecule is O=C(c1ccc(F)c(F)c1)N1CCN(C(=O)C2CC(=O)N(C3CC3)C2)CC1. The Balaban J connectivity index is 1.33. The highest BCUT2D eigenvalue weighted by Crippen LogP contribution is 2.33. The summed E-state index contributed by atoms with van der Waals surface area (Å²) in [6.45, 7) is 1.91. The van der Waals surface area contributed by atoms with E-state index in [1.165, 1.54) is 11.0 Å². The average molecular weight is 377 g/mol. The fourth-order valence-corrected chi connectivity index (χ4v) is 3.84. The van der Waals surface area contributed by atoms with Gasteiger partial charge in [-0.25, -0.2) is 8.78 Å². The molecule has 0 spiro atoms. The van der Waals surface area contributed by atoms with Crippen LogP contribution in [0.15, 0.2) is 18.2 Å². The third-order valence-corrected chi connectivity index (χ3v) is 5.54. The van der Waals surface area contributed by atoms with Gasteiger partial charge in [0.25, 0.3) is 5.91 Å². The molecule has 6 nitrogen and oxygen atoms in total. The summed E-state index contributed by atoms with van der Waals surface area (Å²) < 4.78 is 26.4. The molecule has 3 amide bonds. The second-order valence-electron chi connectivity index (χ2n) is 7.42. The molecule has 1 aromatic carbocycles. The molecule has 0 bridgehead atoms. The minimum absolute atomic E-state index is 0.0357. The summed E-state index contributed by atoms with van der Waals surface area (Å²) in [5.74, 6) is -2.70. The van der Waals surface area contributed by atoms with Crippen LogP contribution in [-0.2, 0) is 9.59 Å². The lowest BCUT2D eigenvalue weighted by atomic mass is 10.1. The van der Waals surface area contributed by atoms with Gasteiger partial charge in [-0.1, -0.05) is 0 Å². The van der Waals surface area contributed by atoms with Gasteiger partial charge in [0, 0.05) is 50.7 Å². The summed E-state index contributed by atoms with van der Waals surface area (Å²) in [6.07, 6.45) is 2.32. The zero-order valence-electron chi connectivity index (χ0n) is 14.9. The molecule has 1 saturated carbocycles. The van der Waals surface area contributed by atoms with Crippen molar-refractivity contribution in [2.24, 2.45) is 5.92 Å². The van der Waals surface area contributed by atoms with Gasteiger partial charge in [-0.2, -0.15) is 0 Å². The zero-order valence-corrected chi connectivity index (χ0v) is 14.9. The van der Waals surface area contributed by atoms with Gasteiger partial charge < -0.3 is 14.7 Å². The molecule has 0 radical (unpaired) electrons. The van der Waals surface area contributed by atoms with E-state index in [4.69, 9.17) is 0 Å². The maximum absolute atomic E-state index is 13.3. The third kappa shape index (κ3) is 3.52. The Morgan fingerprint density at radius 3 is 2.26 bits per heavy atom. The van der Waals surface area contributed by atoms with Gasteiger partial charge in [0.2, 0.25) is 11.8 Å². The van der Waals surface area contributed by atoms with Crippen LogP contribution in [0.5, 0.6) is 0 Å². The molecule has 0 aromatic heterocycles. The fraction of sp³-hybridized carbons (Fsp3) is 0.526. The van der Waals surface area contributed by atoms with E-state index in [0.29, 0.717) is 38.8 Å². The number of rotatable bonds is 3. The minimum atomic E-state index is -1.05. The molecule has 1 aliphatic carbocycles. The molecule has 2 heterocycles. The van der Waals surface area contributed by atoms with Crippen LogP contribution in [0, 0.1) is 17.6 Å². The molecular weight excluding hydrogens is 356 g/mol. The van der Waals surface area contributed by atoms with E-state index >= 15 is 0 Å². The standard InChI is InChI=1S/C19H21F2N3O3/c20-15-4-1-12(9-16(15)21)18(26)22-5-7-23(8-6-22)19(27)13-10-17(25)24(11-13)14-2-3-14/h1,4,9,13-14H,2-3,5-8,10-11H2. The Hall–Kier alpha value is -2.51. The van der Waals surface area contributed by atoms with Gasteiger partial charge in [-0.3, -0.25) is 14.4 Å². The zero-order chi connectivity index (χ0) is 19.1. The van der Waals surface area contributed by atoms with Crippen LogP contribution in [0.2, 0.25) is 0 Å². The molecule has 1 atom stereocenters. The highest BCUT2D eigenvalue weighted by molar-refractivity contribution is 5.94. The topological polar surface area (TPSA) is 60.9 Å². The molecule has 2 aliphatic heterocycles. The van der Waals surface area contributed by atoms with Crippen molar-refractivity contribution in [3.8, 4) is 0 Å². The molecule has 0 N–H and O–H groups in total. The van der Waals surface area contributed by atoms with Gasteiger partial charge in [0.15, 0.2) is 11.6 Å². The summed E-state index contributed by atoms with van der Waals surface area (Å²) in [5, 5.41) is 0. The Morgan fingerprint density at radius 1 is 0.963 bits per heavy atom. The largest absolute Gasteiger partial charge is 0.339 e. The first-order chi connectivity index (χ1) is 12.9. The van der Waals surface area contributed by atoms with Crippen molar-refractivity contribution >= 4 is 17.7 Å². The number of carbonyl (C=O) groups is 3. The normalized spacial score (nSPS) is 23.1. The van der Waals surface area contributed by atoms with Crippen molar-refractivity contribution in [2.45, 2.75) is 25.3 Å². The highest BCUT2D eigenvalue weighted by Gasteiger charge is 2.43. The predicted molar refractivity (Wildman–Crippen MR) is 91.7 cm³/mol. The quantitative estimate of drug-likeness (QED) is 0.797. The van der Waals surface area contributed by atoms with Crippen molar-refractivity contribution in [1.82, 2.24) is 14.7 Å². The van der Waals surface area contributed by atoms with E-state index in [2.05, 4.69) is 0 Å². The van der Waals surface area contributed by atoms with Crippen LogP contribution < -0.4 is 0 Å². The molecule has 3 aliphatic rings. The number of carbonyl (C=O) groups excluding carboxylic acids is 3. The van der Waals surface area contributed by atoms with E-state index in [1.807, 2.05) is 4.90 Å². The Bertz CT molecular complexity index is 788. The number of amides is 3. The van der Waals surface area contributed by atoms with E-state index < -0.39 is 11.6 Å². The third-order valence-electron chi connectivity index (χ3n) is 5.54. The highest BCUT2D eigenvalue weighted by atomic mass is 19.2. The molecule has 27 heavy (non-hydrogen) atoms. The number of likely N-dealkylation sites (tertiary alicyclic amines) is 1. The second-order valence-corrected chi connectivity index (χ2v) is 7.42. The Kier molecular flexibility index (Phi) is 4.57. The molecule has 2 saturated heterocycles. The van der Waals surface area contributed by atoms with Crippen molar-refractivity contribution in [2.75, 3.05) is 32.7 Å². The van der Waals surface area contributed by atoms with Crippen molar-refractivity contribution in [3.63, 3.8) is 0 Å². The number of benzene rings is 1.